The van der Waals surface area contributed by atoms with E-state index in [9.17, 15) is 9.59 Å². The van der Waals surface area contributed by atoms with Gasteiger partial charge in [-0.05, 0) is 19.1 Å². The van der Waals surface area contributed by atoms with Crippen LogP contribution >= 0.6 is 0 Å². The van der Waals surface area contributed by atoms with Crippen LogP contribution in [-0.4, -0.2) is 58.1 Å². The van der Waals surface area contributed by atoms with Gasteiger partial charge in [-0.3, -0.25) is 14.6 Å². The summed E-state index contributed by atoms with van der Waals surface area (Å²) in [6.45, 7) is 3.72. The van der Waals surface area contributed by atoms with E-state index in [0.29, 0.717) is 38.1 Å². The number of carbonyl (C=O) groups is 2. The molecule has 1 spiro atoms. The lowest BCUT2D eigenvalue weighted by molar-refractivity contribution is -0.136. The smallest absolute Gasteiger partial charge is 0.255 e. The number of rotatable bonds is 1. The Balaban J connectivity index is 1.64. The van der Waals surface area contributed by atoms with E-state index in [4.69, 9.17) is 4.74 Å². The van der Waals surface area contributed by atoms with E-state index in [1.54, 1.807) is 17.2 Å². The van der Waals surface area contributed by atoms with Crippen molar-refractivity contribution in [2.24, 2.45) is 0 Å². The molecule has 3 aliphatic rings. The molecular weight excluding hydrogens is 270 g/mol. The van der Waals surface area contributed by atoms with Crippen molar-refractivity contribution in [3.05, 3.63) is 29.6 Å². The average molecular weight is 287 g/mol. The fraction of sp³-hybridized carbons (Fsp3) is 0.533. The highest BCUT2D eigenvalue weighted by Crippen LogP contribution is 2.45. The average Bonchev–Trinajstić information content (AvgIpc) is 3.11. The predicted octanol–water partition coefficient (Wildman–Crippen LogP) is 0.563. The molecule has 6 nitrogen and oxygen atoms in total. The molecule has 2 atom stereocenters. The van der Waals surface area contributed by atoms with Gasteiger partial charge in [0.2, 0.25) is 5.91 Å². The van der Waals surface area contributed by atoms with Gasteiger partial charge < -0.3 is 14.5 Å². The first-order valence-electron chi connectivity index (χ1n) is 7.30. The van der Waals surface area contributed by atoms with Gasteiger partial charge in [0.1, 0.15) is 0 Å². The lowest BCUT2D eigenvalue weighted by Gasteiger charge is -2.31. The molecule has 4 rings (SSSR count). The van der Waals surface area contributed by atoms with Crippen LogP contribution in [0.4, 0.5) is 0 Å². The van der Waals surface area contributed by atoms with Gasteiger partial charge in [0.15, 0.2) is 5.72 Å². The number of hydrogen-bond donors (Lipinski definition) is 0. The molecule has 3 saturated heterocycles. The summed E-state index contributed by atoms with van der Waals surface area (Å²) >= 11 is 0. The van der Waals surface area contributed by atoms with E-state index in [0.717, 1.165) is 5.69 Å². The van der Waals surface area contributed by atoms with Crippen LogP contribution in [0.5, 0.6) is 0 Å². The molecule has 0 aliphatic carbocycles. The minimum absolute atomic E-state index is 0.0606. The van der Waals surface area contributed by atoms with Gasteiger partial charge in [-0.2, -0.15) is 0 Å². The predicted molar refractivity (Wildman–Crippen MR) is 73.4 cm³/mol. The van der Waals surface area contributed by atoms with Gasteiger partial charge in [0, 0.05) is 31.4 Å². The Bertz CT molecular complexity index is 615. The zero-order valence-electron chi connectivity index (χ0n) is 11.9. The van der Waals surface area contributed by atoms with Crippen LogP contribution in [0.25, 0.3) is 0 Å². The molecule has 0 aromatic carbocycles. The van der Waals surface area contributed by atoms with Crippen molar-refractivity contribution in [2.45, 2.75) is 31.5 Å². The molecule has 3 fully saturated rings. The lowest BCUT2D eigenvalue weighted by atomic mass is 10.1. The summed E-state index contributed by atoms with van der Waals surface area (Å²) in [5.41, 5.74) is 0.887. The molecule has 1 aromatic rings. The zero-order chi connectivity index (χ0) is 14.6. The van der Waals surface area contributed by atoms with Gasteiger partial charge >= 0.3 is 0 Å². The van der Waals surface area contributed by atoms with Crippen molar-refractivity contribution in [1.82, 2.24) is 14.8 Å². The molecule has 1 aromatic heterocycles. The number of hydrogen-bond acceptors (Lipinski definition) is 4. The largest absolute Gasteiger partial charge is 0.351 e. The third-order valence-corrected chi connectivity index (χ3v) is 4.82. The SMILES string of the molecule is Cc1ccc(C(=O)N2CC[C@@]34OCCN3C(=O)C[C@@H]24)cn1. The summed E-state index contributed by atoms with van der Waals surface area (Å²) in [4.78, 5) is 32.6. The summed E-state index contributed by atoms with van der Waals surface area (Å²) < 4.78 is 5.89. The van der Waals surface area contributed by atoms with E-state index in [-0.39, 0.29) is 17.9 Å². The number of ether oxygens (including phenoxy) is 1. The fourth-order valence-corrected chi connectivity index (χ4v) is 3.79. The molecule has 21 heavy (non-hydrogen) atoms. The van der Waals surface area contributed by atoms with Crippen molar-refractivity contribution in [1.29, 1.82) is 0 Å². The van der Waals surface area contributed by atoms with Crippen molar-refractivity contribution in [3.63, 3.8) is 0 Å². The summed E-state index contributed by atoms with van der Waals surface area (Å²) in [7, 11) is 0. The maximum absolute atomic E-state index is 12.7. The van der Waals surface area contributed by atoms with Crippen LogP contribution in [0.3, 0.4) is 0 Å². The maximum atomic E-state index is 12.7. The Morgan fingerprint density at radius 2 is 2.29 bits per heavy atom. The highest BCUT2D eigenvalue weighted by atomic mass is 16.5. The number of likely N-dealkylation sites (tertiary alicyclic amines) is 1. The quantitative estimate of drug-likeness (QED) is 0.757. The third kappa shape index (κ3) is 1.65. The number of aryl methyl sites for hydroxylation is 1. The van der Waals surface area contributed by atoms with Gasteiger partial charge in [-0.15, -0.1) is 0 Å². The fourth-order valence-electron chi connectivity index (χ4n) is 3.79. The lowest BCUT2D eigenvalue weighted by Crippen LogP contribution is -2.48. The highest BCUT2D eigenvalue weighted by Gasteiger charge is 2.62. The first kappa shape index (κ1) is 12.8. The topological polar surface area (TPSA) is 62.7 Å². The Labute approximate surface area is 122 Å². The standard InChI is InChI=1S/C15H17N3O3/c1-10-2-3-11(9-16-10)14(20)17-5-4-15-12(17)8-13(19)18(15)6-7-21-15/h2-3,9,12H,4-8H2,1H3/t12-,15+/m1/s1. The molecule has 0 unspecified atom stereocenters. The number of amides is 2. The normalized spacial score (nSPS) is 30.7. The van der Waals surface area contributed by atoms with E-state index < -0.39 is 5.72 Å². The Kier molecular flexibility index (Phi) is 2.60. The van der Waals surface area contributed by atoms with Crippen LogP contribution in [0.2, 0.25) is 0 Å². The van der Waals surface area contributed by atoms with Gasteiger partial charge in [0.05, 0.1) is 24.6 Å². The Hall–Kier alpha value is -1.95. The van der Waals surface area contributed by atoms with Gasteiger partial charge in [-0.1, -0.05) is 0 Å². The first-order valence-corrected chi connectivity index (χ1v) is 7.30. The molecule has 6 heteroatoms. The Morgan fingerprint density at radius 3 is 3.05 bits per heavy atom. The van der Waals surface area contributed by atoms with Crippen LogP contribution in [-0.2, 0) is 9.53 Å². The highest BCUT2D eigenvalue weighted by molar-refractivity contribution is 5.95. The summed E-state index contributed by atoms with van der Waals surface area (Å²) in [6.07, 6.45) is 2.67. The number of aromatic nitrogens is 1. The Morgan fingerprint density at radius 1 is 1.43 bits per heavy atom. The molecule has 110 valence electrons. The van der Waals surface area contributed by atoms with E-state index >= 15 is 0 Å². The minimum Gasteiger partial charge on any atom is -0.351 e. The molecule has 4 heterocycles. The van der Waals surface area contributed by atoms with Gasteiger partial charge in [-0.25, -0.2) is 0 Å². The summed E-state index contributed by atoms with van der Waals surface area (Å²) in [6, 6.07) is 3.46. The molecule has 2 amide bonds. The maximum Gasteiger partial charge on any atom is 0.255 e. The van der Waals surface area contributed by atoms with Crippen LogP contribution in [0.15, 0.2) is 18.3 Å². The van der Waals surface area contributed by atoms with Crippen molar-refractivity contribution in [2.75, 3.05) is 19.7 Å². The number of nitrogens with zero attached hydrogens (tertiary/aromatic N) is 3. The van der Waals surface area contributed by atoms with E-state index in [1.165, 1.54) is 0 Å². The summed E-state index contributed by atoms with van der Waals surface area (Å²) in [5.74, 6) is 0.0338. The van der Waals surface area contributed by atoms with Gasteiger partial charge in [0.25, 0.3) is 5.91 Å². The third-order valence-electron chi connectivity index (χ3n) is 4.82. The molecular formula is C15H17N3O3. The second-order valence-electron chi connectivity index (χ2n) is 5.90. The van der Waals surface area contributed by atoms with Crippen LogP contribution in [0.1, 0.15) is 28.9 Å². The zero-order valence-corrected chi connectivity index (χ0v) is 11.9. The molecule has 0 N–H and O–H groups in total. The molecule has 3 aliphatic heterocycles. The molecule has 0 bridgehead atoms. The molecule has 0 saturated carbocycles. The van der Waals surface area contributed by atoms with E-state index in [2.05, 4.69) is 4.98 Å². The summed E-state index contributed by atoms with van der Waals surface area (Å²) in [5, 5.41) is 0. The van der Waals surface area contributed by atoms with Crippen molar-refractivity contribution < 1.29 is 14.3 Å². The second kappa shape index (κ2) is 4.27. The van der Waals surface area contributed by atoms with Crippen molar-refractivity contribution in [3.8, 4) is 0 Å². The first-order chi connectivity index (χ1) is 10.1. The monoisotopic (exact) mass is 287 g/mol. The minimum atomic E-state index is -0.565. The number of carbonyl (C=O) groups excluding carboxylic acids is 2. The molecule has 0 radical (unpaired) electrons. The van der Waals surface area contributed by atoms with Crippen LogP contribution in [0, 0.1) is 6.92 Å². The van der Waals surface area contributed by atoms with Crippen LogP contribution < -0.4 is 0 Å². The van der Waals surface area contributed by atoms with E-state index in [1.807, 2.05) is 17.9 Å². The van der Waals surface area contributed by atoms with Crippen molar-refractivity contribution >= 4 is 11.8 Å². The second-order valence-corrected chi connectivity index (χ2v) is 5.90. The number of pyridine rings is 1.